The molecule has 5 rings (SSSR count). The van der Waals surface area contributed by atoms with Crippen LogP contribution in [0.3, 0.4) is 0 Å². The van der Waals surface area contributed by atoms with E-state index in [9.17, 15) is 22.4 Å². The fourth-order valence-electron chi connectivity index (χ4n) is 5.17. The topological polar surface area (TPSA) is 62.1 Å². The van der Waals surface area contributed by atoms with Gasteiger partial charge in [0.25, 0.3) is 5.91 Å². The van der Waals surface area contributed by atoms with Gasteiger partial charge in [0.15, 0.2) is 0 Å². The van der Waals surface area contributed by atoms with Crippen molar-refractivity contribution in [2.24, 2.45) is 0 Å². The average molecular weight is 628 g/mol. The van der Waals surface area contributed by atoms with Crippen LogP contribution < -0.4 is 19.9 Å². The molecule has 230 valence electrons. The summed E-state index contributed by atoms with van der Waals surface area (Å²) in [5.74, 6) is -2.74. The van der Waals surface area contributed by atoms with Crippen molar-refractivity contribution in [2.45, 2.75) is 39.2 Å². The fraction of sp³-hybridized carbons (Fsp3) is 0.310. The molecule has 1 saturated heterocycles. The lowest BCUT2D eigenvalue weighted by Gasteiger charge is -2.42. The average Bonchev–Trinajstić information content (AvgIpc) is 3.30. The number of piperazine rings is 1. The lowest BCUT2D eigenvalue weighted by atomic mass is 10.1. The highest BCUT2D eigenvalue weighted by Crippen LogP contribution is 2.30. The standard InChI is InChI=1S/C29H27F6N5O2.ClH/c1-3-24-27(40-9-8-19(30)13-26(40)37-24)28(41)36-15-18-12-23(32)25(14-22(18)31)38-10-11-39(17(2)16-38)20-4-6-21(7-5-20)42-29(33,34)35;/h4-9,12-14,17H,3,10-11,15-16H2,1-2H3,(H,36,41);1H/t17-;/m0./s1. The number of halogens is 7. The van der Waals surface area contributed by atoms with Crippen LogP contribution in [0.2, 0.25) is 0 Å². The molecule has 1 atom stereocenters. The van der Waals surface area contributed by atoms with E-state index in [1.807, 2.05) is 11.8 Å². The van der Waals surface area contributed by atoms with Crippen molar-refractivity contribution in [3.63, 3.8) is 0 Å². The molecule has 0 saturated carbocycles. The first-order valence-corrected chi connectivity index (χ1v) is 13.2. The molecule has 1 amide bonds. The molecule has 43 heavy (non-hydrogen) atoms. The Morgan fingerprint density at radius 3 is 2.42 bits per heavy atom. The van der Waals surface area contributed by atoms with Gasteiger partial charge >= 0.3 is 6.36 Å². The number of nitrogens with one attached hydrogen (secondary N) is 1. The third kappa shape index (κ3) is 6.93. The quantitative estimate of drug-likeness (QED) is 0.245. The van der Waals surface area contributed by atoms with E-state index in [1.54, 1.807) is 11.8 Å². The maximum absolute atomic E-state index is 15.2. The summed E-state index contributed by atoms with van der Waals surface area (Å²) in [7, 11) is 0. The zero-order valence-electron chi connectivity index (χ0n) is 23.1. The van der Waals surface area contributed by atoms with Crippen molar-refractivity contribution < 1.29 is 35.9 Å². The van der Waals surface area contributed by atoms with Crippen molar-refractivity contribution in [2.75, 3.05) is 29.4 Å². The van der Waals surface area contributed by atoms with E-state index in [4.69, 9.17) is 0 Å². The van der Waals surface area contributed by atoms with Crippen molar-refractivity contribution in [1.82, 2.24) is 14.7 Å². The van der Waals surface area contributed by atoms with Gasteiger partial charge in [0.2, 0.25) is 0 Å². The molecule has 3 heterocycles. The molecule has 1 fully saturated rings. The normalized spacial score (nSPS) is 15.4. The Morgan fingerprint density at radius 1 is 1.05 bits per heavy atom. The number of imidazole rings is 1. The van der Waals surface area contributed by atoms with Gasteiger partial charge in [0, 0.05) is 61.8 Å². The number of anilines is 2. The number of benzene rings is 2. The Morgan fingerprint density at radius 2 is 1.77 bits per heavy atom. The number of carbonyl (C=O) groups excluding carboxylic acids is 1. The zero-order valence-corrected chi connectivity index (χ0v) is 23.9. The van der Waals surface area contributed by atoms with Gasteiger partial charge < -0.3 is 19.9 Å². The SMILES string of the molecule is CCc1nc2cc(F)ccn2c1C(=O)NCc1cc(F)c(N2CCN(c3ccc(OC(F)(F)F)cc3)[C@@H](C)C2)cc1F.Cl. The maximum atomic E-state index is 15.2. The molecule has 4 aromatic rings. The first-order chi connectivity index (χ1) is 19.9. The van der Waals surface area contributed by atoms with Crippen LogP contribution in [0.1, 0.15) is 35.6 Å². The molecule has 7 nitrogen and oxygen atoms in total. The molecule has 1 aliphatic rings. The number of amides is 1. The number of rotatable bonds is 7. The summed E-state index contributed by atoms with van der Waals surface area (Å²) < 4.78 is 86.6. The Hall–Kier alpha value is -4.13. The van der Waals surface area contributed by atoms with E-state index in [-0.39, 0.29) is 53.3 Å². The number of ether oxygens (including phenoxy) is 1. The lowest BCUT2D eigenvalue weighted by molar-refractivity contribution is -0.274. The number of aromatic nitrogens is 2. The van der Waals surface area contributed by atoms with Crippen molar-refractivity contribution in [3.8, 4) is 5.75 Å². The third-order valence-electron chi connectivity index (χ3n) is 7.14. The molecule has 0 unspecified atom stereocenters. The predicted octanol–water partition coefficient (Wildman–Crippen LogP) is 6.28. The Labute approximate surface area is 249 Å². The van der Waals surface area contributed by atoms with Gasteiger partial charge in [-0.1, -0.05) is 6.92 Å². The van der Waals surface area contributed by atoms with Crippen molar-refractivity contribution >= 4 is 35.3 Å². The monoisotopic (exact) mass is 627 g/mol. The molecule has 0 bridgehead atoms. The number of carbonyl (C=O) groups is 1. The molecular formula is C29H28ClF6N5O2. The van der Waals surface area contributed by atoms with E-state index < -0.39 is 29.7 Å². The first kappa shape index (κ1) is 31.8. The van der Waals surface area contributed by atoms with Gasteiger partial charge in [-0.2, -0.15) is 0 Å². The minimum absolute atomic E-state index is 0. The summed E-state index contributed by atoms with van der Waals surface area (Å²) in [5, 5.41) is 2.61. The summed E-state index contributed by atoms with van der Waals surface area (Å²) in [5.41, 5.74) is 1.60. The lowest BCUT2D eigenvalue weighted by Crippen LogP contribution is -2.52. The van der Waals surface area contributed by atoms with Crippen LogP contribution in [-0.4, -0.2) is 47.3 Å². The summed E-state index contributed by atoms with van der Waals surface area (Å²) in [6.07, 6.45) is -2.98. The van der Waals surface area contributed by atoms with E-state index in [1.165, 1.54) is 47.0 Å². The smallest absolute Gasteiger partial charge is 0.406 e. The van der Waals surface area contributed by atoms with Gasteiger partial charge in [0.1, 0.15) is 34.5 Å². The molecule has 1 N–H and O–H groups in total. The van der Waals surface area contributed by atoms with Crippen molar-refractivity contribution in [3.05, 3.63) is 89.1 Å². The number of pyridine rings is 1. The van der Waals surface area contributed by atoms with Gasteiger partial charge in [0.05, 0.1) is 11.4 Å². The van der Waals surface area contributed by atoms with Crippen LogP contribution in [0.4, 0.5) is 37.7 Å². The maximum Gasteiger partial charge on any atom is 0.573 e. The van der Waals surface area contributed by atoms with Crippen LogP contribution >= 0.6 is 12.4 Å². The van der Waals surface area contributed by atoms with Crippen LogP contribution in [0.5, 0.6) is 5.75 Å². The van der Waals surface area contributed by atoms with Gasteiger partial charge in [-0.3, -0.25) is 9.20 Å². The van der Waals surface area contributed by atoms with Gasteiger partial charge in [-0.05, 0) is 49.7 Å². The Balaban J connectivity index is 0.00000423. The van der Waals surface area contributed by atoms with E-state index in [0.29, 0.717) is 37.4 Å². The fourth-order valence-corrected chi connectivity index (χ4v) is 5.17. The molecule has 1 aliphatic heterocycles. The predicted molar refractivity (Wildman–Crippen MR) is 151 cm³/mol. The second-order valence-electron chi connectivity index (χ2n) is 9.94. The number of alkyl halides is 3. The summed E-state index contributed by atoms with van der Waals surface area (Å²) in [6.45, 7) is 4.49. The van der Waals surface area contributed by atoms with E-state index >= 15 is 8.78 Å². The van der Waals surface area contributed by atoms with E-state index in [2.05, 4.69) is 15.0 Å². The Kier molecular flexibility index (Phi) is 9.33. The second kappa shape index (κ2) is 12.6. The van der Waals surface area contributed by atoms with Crippen molar-refractivity contribution in [1.29, 1.82) is 0 Å². The number of hydrogen-bond donors (Lipinski definition) is 1. The zero-order chi connectivity index (χ0) is 30.2. The molecule has 0 spiro atoms. The third-order valence-corrected chi connectivity index (χ3v) is 7.14. The van der Waals surface area contributed by atoms with Crippen LogP contribution in [-0.2, 0) is 13.0 Å². The molecule has 0 aliphatic carbocycles. The minimum Gasteiger partial charge on any atom is -0.406 e. The Bertz CT molecular complexity index is 1610. The number of aryl methyl sites for hydroxylation is 1. The highest BCUT2D eigenvalue weighted by molar-refractivity contribution is 5.94. The minimum atomic E-state index is -4.78. The summed E-state index contributed by atoms with van der Waals surface area (Å²) in [4.78, 5) is 20.9. The molecule has 14 heteroatoms. The number of nitrogens with zero attached hydrogens (tertiary/aromatic N) is 4. The molecule has 2 aromatic heterocycles. The van der Waals surface area contributed by atoms with Gasteiger partial charge in [-0.25, -0.2) is 18.2 Å². The van der Waals surface area contributed by atoms with Crippen LogP contribution in [0, 0.1) is 17.5 Å². The summed E-state index contributed by atoms with van der Waals surface area (Å²) >= 11 is 0. The molecule has 2 aromatic carbocycles. The number of hydrogen-bond acceptors (Lipinski definition) is 5. The van der Waals surface area contributed by atoms with E-state index in [0.717, 1.165) is 12.1 Å². The molecular weight excluding hydrogens is 600 g/mol. The highest BCUT2D eigenvalue weighted by Gasteiger charge is 2.31. The molecule has 0 radical (unpaired) electrons. The van der Waals surface area contributed by atoms with Crippen LogP contribution in [0.15, 0.2) is 54.7 Å². The van der Waals surface area contributed by atoms with Gasteiger partial charge in [-0.15, -0.1) is 25.6 Å². The number of fused-ring (bicyclic) bond motifs is 1. The van der Waals surface area contributed by atoms with Crippen LogP contribution in [0.25, 0.3) is 5.65 Å². The first-order valence-electron chi connectivity index (χ1n) is 13.2. The highest BCUT2D eigenvalue weighted by atomic mass is 35.5. The summed E-state index contributed by atoms with van der Waals surface area (Å²) in [6, 6.07) is 9.87. The second-order valence-corrected chi connectivity index (χ2v) is 9.94. The largest absolute Gasteiger partial charge is 0.573 e.